The summed E-state index contributed by atoms with van der Waals surface area (Å²) in [7, 11) is 0. The summed E-state index contributed by atoms with van der Waals surface area (Å²) in [6, 6.07) is 10.6. The zero-order valence-electron chi connectivity index (χ0n) is 5.46. The van der Waals surface area contributed by atoms with E-state index in [1.807, 2.05) is 0 Å². The zero-order valence-corrected chi connectivity index (χ0v) is 8.76. The van der Waals surface area contributed by atoms with Gasteiger partial charge in [0, 0.05) is 0 Å². The zero-order chi connectivity index (χ0) is 6.97. The Morgan fingerprint density at radius 3 is 2.80 bits per heavy atom. The van der Waals surface area contributed by atoms with E-state index in [-0.39, 0.29) is 0 Å². The van der Waals surface area contributed by atoms with Crippen molar-refractivity contribution in [2.75, 3.05) is 0 Å². The van der Waals surface area contributed by atoms with E-state index in [2.05, 4.69) is 35.3 Å². The van der Waals surface area contributed by atoms with Gasteiger partial charge in [-0.05, 0) is 0 Å². The fourth-order valence-corrected chi connectivity index (χ4v) is 2.05. The number of fused-ring (bicyclic) bond motifs is 1. The van der Waals surface area contributed by atoms with Crippen molar-refractivity contribution in [3.63, 3.8) is 0 Å². The molecule has 0 unspecified atom stereocenters. The normalized spacial score (nSPS) is 10.4. The first-order valence-electron chi connectivity index (χ1n) is 3.19. The predicted octanol–water partition coefficient (Wildman–Crippen LogP) is 0.962. The molecular formula is C8H6InN. The quantitative estimate of drug-likeness (QED) is 0.695. The Hall–Kier alpha value is -0.370. The third-order valence-electron chi connectivity index (χ3n) is 1.55. The summed E-state index contributed by atoms with van der Waals surface area (Å²) < 4.78 is 1.35. The van der Waals surface area contributed by atoms with Gasteiger partial charge in [0.25, 0.3) is 0 Å². The summed E-state index contributed by atoms with van der Waals surface area (Å²) in [6.45, 7) is 0. The van der Waals surface area contributed by atoms with Gasteiger partial charge in [0.2, 0.25) is 0 Å². The van der Waals surface area contributed by atoms with E-state index in [0.717, 1.165) is 0 Å². The Kier molecular flexibility index (Phi) is 1.49. The molecule has 0 atom stereocenters. The van der Waals surface area contributed by atoms with Crippen LogP contribution in [0.5, 0.6) is 0 Å². The number of H-pyrrole nitrogens is 1. The van der Waals surface area contributed by atoms with Crippen molar-refractivity contribution in [3.05, 3.63) is 30.3 Å². The van der Waals surface area contributed by atoms with Crippen molar-refractivity contribution in [2.24, 2.45) is 0 Å². The molecule has 2 heteroatoms. The van der Waals surface area contributed by atoms with Crippen LogP contribution in [-0.2, 0) is 0 Å². The molecule has 10 heavy (non-hydrogen) atoms. The van der Waals surface area contributed by atoms with E-state index in [0.29, 0.717) is 0 Å². The van der Waals surface area contributed by atoms with Crippen molar-refractivity contribution < 1.29 is 0 Å². The van der Waals surface area contributed by atoms with E-state index in [4.69, 9.17) is 0 Å². The number of para-hydroxylation sites is 1. The molecule has 0 aliphatic rings. The van der Waals surface area contributed by atoms with Crippen LogP contribution < -0.4 is 3.45 Å². The molecule has 2 rings (SSSR count). The molecule has 1 nitrogen and oxygen atoms in total. The SMILES string of the molecule is [In][c]1cc2ccccc2[nH]1. The molecule has 1 N–H and O–H groups in total. The average molecular weight is 231 g/mol. The van der Waals surface area contributed by atoms with E-state index < -0.39 is 0 Å². The van der Waals surface area contributed by atoms with Crippen LogP contribution in [0.25, 0.3) is 10.9 Å². The molecule has 0 amide bonds. The van der Waals surface area contributed by atoms with Gasteiger partial charge in [-0.15, -0.1) is 0 Å². The van der Waals surface area contributed by atoms with Crippen molar-refractivity contribution in [2.45, 2.75) is 0 Å². The number of nitrogens with one attached hydrogen (secondary N) is 1. The van der Waals surface area contributed by atoms with Gasteiger partial charge in [0.15, 0.2) is 0 Å². The standard InChI is InChI=1S/C8H6N.In/c1-2-4-8-7(3-1)5-6-9-8;/h1-5,9H;. The molecule has 1 heterocycles. The van der Waals surface area contributed by atoms with Crippen molar-refractivity contribution >= 4 is 38.7 Å². The number of aromatic amines is 1. The predicted molar refractivity (Wildman–Crippen MR) is 43.7 cm³/mol. The fourth-order valence-electron chi connectivity index (χ4n) is 1.10. The van der Waals surface area contributed by atoms with Crippen LogP contribution in [0.4, 0.5) is 0 Å². The van der Waals surface area contributed by atoms with Gasteiger partial charge in [0.05, 0.1) is 0 Å². The van der Waals surface area contributed by atoms with Gasteiger partial charge in [-0.25, -0.2) is 0 Å². The van der Waals surface area contributed by atoms with Crippen LogP contribution >= 0.6 is 0 Å². The third kappa shape index (κ3) is 0.966. The van der Waals surface area contributed by atoms with Gasteiger partial charge >= 0.3 is 74.0 Å². The molecule has 0 spiro atoms. The second kappa shape index (κ2) is 2.35. The summed E-state index contributed by atoms with van der Waals surface area (Å²) in [5.41, 5.74) is 1.25. The van der Waals surface area contributed by atoms with Crippen molar-refractivity contribution in [1.82, 2.24) is 4.98 Å². The summed E-state index contributed by atoms with van der Waals surface area (Å²) in [6.07, 6.45) is 0. The number of hydrogen-bond acceptors (Lipinski definition) is 0. The number of aromatic nitrogens is 1. The Morgan fingerprint density at radius 1 is 1.20 bits per heavy atom. The van der Waals surface area contributed by atoms with Crippen LogP contribution in [0.3, 0.4) is 0 Å². The van der Waals surface area contributed by atoms with Crippen LogP contribution in [0.2, 0.25) is 0 Å². The minimum absolute atomic E-state index is 1.17. The van der Waals surface area contributed by atoms with Crippen LogP contribution in [-0.4, -0.2) is 29.4 Å². The summed E-state index contributed by atoms with van der Waals surface area (Å²) in [5.74, 6) is 0. The Labute approximate surface area is 74.0 Å². The maximum atomic E-state index is 3.32. The monoisotopic (exact) mass is 231 g/mol. The van der Waals surface area contributed by atoms with Gasteiger partial charge in [-0.1, -0.05) is 0 Å². The minimum atomic E-state index is 1.17. The Balaban J connectivity index is 2.88. The first-order chi connectivity index (χ1) is 4.86. The van der Waals surface area contributed by atoms with Crippen molar-refractivity contribution in [1.29, 1.82) is 0 Å². The van der Waals surface area contributed by atoms with E-state index in [1.54, 1.807) is 0 Å². The summed E-state index contributed by atoms with van der Waals surface area (Å²) in [5, 5.41) is 1.32. The third-order valence-corrected chi connectivity index (χ3v) is 2.44. The molecule has 0 aliphatic carbocycles. The molecule has 1 aromatic carbocycles. The second-order valence-electron chi connectivity index (χ2n) is 2.31. The maximum absolute atomic E-state index is 3.32. The van der Waals surface area contributed by atoms with E-state index in [9.17, 15) is 0 Å². The molecule has 0 bridgehead atoms. The van der Waals surface area contributed by atoms with Gasteiger partial charge in [0.1, 0.15) is 0 Å². The summed E-state index contributed by atoms with van der Waals surface area (Å²) >= 11 is 1.17. The number of benzene rings is 1. The Morgan fingerprint density at radius 2 is 2.00 bits per heavy atom. The fraction of sp³-hybridized carbons (Fsp3) is 0. The van der Waals surface area contributed by atoms with E-state index in [1.165, 1.54) is 38.7 Å². The van der Waals surface area contributed by atoms with Crippen LogP contribution in [0, 0.1) is 0 Å². The van der Waals surface area contributed by atoms with Crippen LogP contribution in [0.15, 0.2) is 30.3 Å². The molecular weight excluding hydrogens is 225 g/mol. The van der Waals surface area contributed by atoms with E-state index >= 15 is 0 Å². The topological polar surface area (TPSA) is 15.8 Å². The van der Waals surface area contributed by atoms with Crippen LogP contribution in [0.1, 0.15) is 0 Å². The van der Waals surface area contributed by atoms with Gasteiger partial charge in [-0.2, -0.15) is 0 Å². The molecule has 46 valence electrons. The molecule has 1 aromatic heterocycles. The molecule has 0 saturated heterocycles. The molecule has 2 aromatic rings. The molecule has 0 fully saturated rings. The first-order valence-corrected chi connectivity index (χ1v) is 4.84. The number of rotatable bonds is 0. The average Bonchev–Trinajstić information content (AvgIpc) is 2.27. The molecule has 0 aliphatic heterocycles. The molecule has 2 radical (unpaired) electrons. The van der Waals surface area contributed by atoms with Crippen molar-refractivity contribution in [3.8, 4) is 0 Å². The molecule has 0 saturated carbocycles. The van der Waals surface area contributed by atoms with Gasteiger partial charge < -0.3 is 0 Å². The number of hydrogen-bond donors (Lipinski definition) is 1. The first kappa shape index (κ1) is 6.35. The van der Waals surface area contributed by atoms with Gasteiger partial charge in [-0.3, -0.25) is 0 Å². The Bertz CT molecular complexity index is 318. The second-order valence-corrected chi connectivity index (χ2v) is 4.09. The summed E-state index contributed by atoms with van der Waals surface area (Å²) in [4.78, 5) is 3.32.